The van der Waals surface area contributed by atoms with Crippen LogP contribution in [0, 0.1) is 13.8 Å². The Labute approximate surface area is 227 Å². The molecular weight excluding hydrogens is 529 g/mol. The van der Waals surface area contributed by atoms with Crippen molar-refractivity contribution in [3.8, 4) is 16.3 Å². The van der Waals surface area contributed by atoms with Crippen molar-refractivity contribution >= 4 is 29.1 Å². The summed E-state index contributed by atoms with van der Waals surface area (Å²) in [6.45, 7) is 3.39. The van der Waals surface area contributed by atoms with Crippen molar-refractivity contribution in [3.05, 3.63) is 106 Å². The predicted molar refractivity (Wildman–Crippen MR) is 144 cm³/mol. The Morgan fingerprint density at radius 1 is 1.05 bits per heavy atom. The number of nitrogens with zero attached hydrogens (tertiary/aromatic N) is 1. The number of carboxylic acid groups (broad SMARTS) is 1. The highest BCUT2D eigenvalue weighted by atomic mass is 32.1. The van der Waals surface area contributed by atoms with Crippen LogP contribution in [0.3, 0.4) is 0 Å². The average Bonchev–Trinajstić information content (AvgIpc) is 3.27. The molecule has 4 rings (SSSR count). The molecule has 202 valence electrons. The molecule has 2 N–H and O–H groups in total. The van der Waals surface area contributed by atoms with E-state index in [9.17, 15) is 18.0 Å². The summed E-state index contributed by atoms with van der Waals surface area (Å²) in [5.74, 6) is -0.588. The molecule has 0 bridgehead atoms. The maximum atomic E-state index is 12.9. The lowest BCUT2D eigenvalue weighted by molar-refractivity contribution is -0.139. The van der Waals surface area contributed by atoms with Crippen LogP contribution in [0.5, 0.6) is 5.75 Å². The molecule has 0 aliphatic heterocycles. The number of aromatic nitrogens is 1. The van der Waals surface area contributed by atoms with Crippen molar-refractivity contribution in [1.29, 1.82) is 0 Å². The van der Waals surface area contributed by atoms with E-state index in [0.29, 0.717) is 22.0 Å². The number of hydrogen-bond donors (Lipinski definition) is 2. The molecule has 0 radical (unpaired) electrons. The molecular formula is C29H25F3N2O4S. The summed E-state index contributed by atoms with van der Waals surface area (Å²) in [7, 11) is 0. The fourth-order valence-electron chi connectivity index (χ4n) is 3.67. The van der Waals surface area contributed by atoms with Crippen molar-refractivity contribution in [1.82, 2.24) is 10.5 Å². The molecule has 39 heavy (non-hydrogen) atoms. The minimum absolute atomic E-state index is 0.176. The van der Waals surface area contributed by atoms with Crippen molar-refractivity contribution in [2.45, 2.75) is 26.6 Å². The number of hydrogen-bond acceptors (Lipinski definition) is 6. The largest absolute Gasteiger partial charge is 0.482 e. The van der Waals surface area contributed by atoms with E-state index in [4.69, 9.17) is 14.7 Å². The Bertz CT molecular complexity index is 1470. The highest BCUT2D eigenvalue weighted by Crippen LogP contribution is 2.33. The van der Waals surface area contributed by atoms with E-state index in [1.54, 1.807) is 12.1 Å². The van der Waals surface area contributed by atoms with Gasteiger partial charge in [-0.2, -0.15) is 13.2 Å². The number of thiazole rings is 1. The van der Waals surface area contributed by atoms with Crippen molar-refractivity contribution in [3.63, 3.8) is 0 Å². The van der Waals surface area contributed by atoms with Gasteiger partial charge in [-0.1, -0.05) is 42.5 Å². The Kier molecular flexibility index (Phi) is 8.68. The maximum absolute atomic E-state index is 12.9. The van der Waals surface area contributed by atoms with E-state index in [1.165, 1.54) is 23.5 Å². The summed E-state index contributed by atoms with van der Waals surface area (Å²) in [5, 5.41) is 9.49. The Morgan fingerprint density at radius 3 is 2.41 bits per heavy atom. The van der Waals surface area contributed by atoms with Crippen LogP contribution in [0.1, 0.15) is 32.8 Å². The second kappa shape index (κ2) is 12.1. The molecule has 0 spiro atoms. The zero-order valence-electron chi connectivity index (χ0n) is 21.1. The van der Waals surface area contributed by atoms with Crippen LogP contribution in [0.4, 0.5) is 13.2 Å². The monoisotopic (exact) mass is 554 g/mol. The third-order valence-corrected chi connectivity index (χ3v) is 6.86. The van der Waals surface area contributed by atoms with Gasteiger partial charge >= 0.3 is 12.1 Å². The van der Waals surface area contributed by atoms with Crippen LogP contribution in [-0.2, 0) is 22.4 Å². The molecule has 0 unspecified atom stereocenters. The second-order valence-corrected chi connectivity index (χ2v) is 9.71. The van der Waals surface area contributed by atoms with E-state index in [-0.39, 0.29) is 6.61 Å². The number of aryl methyl sites for hydroxylation is 2. The number of alkyl halides is 3. The molecule has 1 aromatic heterocycles. The van der Waals surface area contributed by atoms with Gasteiger partial charge in [0.05, 0.1) is 21.8 Å². The quantitative estimate of drug-likeness (QED) is 0.160. The summed E-state index contributed by atoms with van der Waals surface area (Å²) in [4.78, 5) is 22.0. The molecule has 0 atom stereocenters. The lowest BCUT2D eigenvalue weighted by Crippen LogP contribution is -2.14. The van der Waals surface area contributed by atoms with Gasteiger partial charge in [0.2, 0.25) is 0 Å². The van der Waals surface area contributed by atoms with E-state index in [1.807, 2.05) is 56.3 Å². The molecule has 0 saturated heterocycles. The number of nitrogens with one attached hydrogen (secondary N) is 1. The number of carbonyl (C=O) groups is 1. The van der Waals surface area contributed by atoms with E-state index < -0.39 is 24.3 Å². The summed E-state index contributed by atoms with van der Waals surface area (Å²) >= 11 is 1.35. The van der Waals surface area contributed by atoms with E-state index in [2.05, 4.69) is 10.5 Å². The lowest BCUT2D eigenvalue weighted by Gasteiger charge is -2.14. The lowest BCUT2D eigenvalue weighted by atomic mass is 10.1. The Balaban J connectivity index is 1.50. The first-order chi connectivity index (χ1) is 18.6. The van der Waals surface area contributed by atoms with Gasteiger partial charge in [0.25, 0.3) is 0 Å². The molecule has 0 amide bonds. The first kappa shape index (κ1) is 27.9. The Hall–Kier alpha value is -4.15. The van der Waals surface area contributed by atoms with Crippen LogP contribution >= 0.6 is 11.3 Å². The number of benzene rings is 3. The van der Waals surface area contributed by atoms with Gasteiger partial charge in [0, 0.05) is 11.1 Å². The summed E-state index contributed by atoms with van der Waals surface area (Å²) in [5.41, 5.74) is 6.78. The minimum Gasteiger partial charge on any atom is -0.482 e. The molecule has 0 aliphatic carbocycles. The van der Waals surface area contributed by atoms with Gasteiger partial charge in [0.15, 0.2) is 6.61 Å². The Morgan fingerprint density at radius 2 is 1.77 bits per heavy atom. The number of hydroxylamine groups is 1. The molecule has 0 fully saturated rings. The summed E-state index contributed by atoms with van der Waals surface area (Å²) in [6.07, 6.45) is -2.48. The number of carboxylic acids is 1. The third kappa shape index (κ3) is 7.46. The van der Waals surface area contributed by atoms with Gasteiger partial charge in [-0.3, -0.25) is 10.3 Å². The first-order valence-corrected chi connectivity index (χ1v) is 12.7. The standard InChI is InChI=1S/C29H25F3N2O4S/c1-18-14-22(10-13-25(18)37-17-27(35)36)24(15-20-6-4-3-5-7-20)34-38-16-26-19(2)33-28(39-26)21-8-11-23(12-9-21)29(30,31)32/h3-15,34H,16-17H2,1-2H3,(H,35,36). The van der Waals surface area contributed by atoms with Crippen molar-refractivity contribution in [2.75, 3.05) is 6.61 Å². The van der Waals surface area contributed by atoms with E-state index in [0.717, 1.165) is 39.4 Å². The molecule has 10 heteroatoms. The van der Waals surface area contributed by atoms with Crippen LogP contribution in [0.2, 0.25) is 0 Å². The fourth-order valence-corrected chi connectivity index (χ4v) is 4.65. The topological polar surface area (TPSA) is 80.7 Å². The number of aliphatic carboxylic acids is 1. The normalized spacial score (nSPS) is 11.9. The minimum atomic E-state index is -4.39. The van der Waals surface area contributed by atoms with Crippen LogP contribution in [0.25, 0.3) is 22.3 Å². The molecule has 4 aromatic rings. The summed E-state index contributed by atoms with van der Waals surface area (Å²) in [6, 6.07) is 19.9. The average molecular weight is 555 g/mol. The van der Waals surface area contributed by atoms with Crippen LogP contribution in [0.15, 0.2) is 72.8 Å². The maximum Gasteiger partial charge on any atom is 0.416 e. The molecule has 0 aliphatic rings. The fraction of sp³-hybridized carbons (Fsp3) is 0.172. The smallest absolute Gasteiger partial charge is 0.416 e. The van der Waals surface area contributed by atoms with Gasteiger partial charge in [0.1, 0.15) is 17.4 Å². The van der Waals surface area contributed by atoms with Gasteiger partial charge in [-0.25, -0.2) is 9.78 Å². The third-order valence-electron chi connectivity index (χ3n) is 5.68. The molecule has 6 nitrogen and oxygen atoms in total. The summed E-state index contributed by atoms with van der Waals surface area (Å²) < 4.78 is 44.0. The highest BCUT2D eigenvalue weighted by Gasteiger charge is 2.30. The second-order valence-electron chi connectivity index (χ2n) is 8.62. The van der Waals surface area contributed by atoms with Gasteiger partial charge in [-0.05, 0) is 61.4 Å². The van der Waals surface area contributed by atoms with Crippen LogP contribution < -0.4 is 10.2 Å². The predicted octanol–water partition coefficient (Wildman–Crippen LogP) is 7.13. The van der Waals surface area contributed by atoms with E-state index >= 15 is 0 Å². The van der Waals surface area contributed by atoms with Gasteiger partial charge < -0.3 is 9.84 Å². The molecule has 1 heterocycles. The highest BCUT2D eigenvalue weighted by molar-refractivity contribution is 7.15. The van der Waals surface area contributed by atoms with Crippen LogP contribution in [-0.4, -0.2) is 22.7 Å². The number of rotatable bonds is 10. The first-order valence-electron chi connectivity index (χ1n) is 11.8. The number of halogens is 3. The SMILES string of the molecule is Cc1cc(C(=Cc2ccccc2)NOCc2sc(-c3ccc(C(F)(F)F)cc3)nc2C)ccc1OCC(=O)O. The zero-order valence-corrected chi connectivity index (χ0v) is 21.9. The number of ether oxygens (including phenoxy) is 1. The van der Waals surface area contributed by atoms with Crippen molar-refractivity contribution < 1.29 is 32.6 Å². The molecule has 0 saturated carbocycles. The zero-order chi connectivity index (χ0) is 28.0. The van der Waals surface area contributed by atoms with Crippen molar-refractivity contribution in [2.24, 2.45) is 0 Å². The molecule has 3 aromatic carbocycles. The van der Waals surface area contributed by atoms with Gasteiger partial charge in [-0.15, -0.1) is 11.3 Å².